The standard InChI is InChI=1S/C19H18O5/c1-10(2)4-5-11-8-15-16(18(22)19(11)23-3)17(21)13-9-12(20)6-7-14(13)24-15/h4,6-9,20,22H,5H2,1-3H3. The zero-order valence-corrected chi connectivity index (χ0v) is 13.7. The van der Waals surface area contributed by atoms with E-state index in [1.165, 1.54) is 25.3 Å². The van der Waals surface area contributed by atoms with Gasteiger partial charge in [0.15, 0.2) is 11.5 Å². The molecule has 1 heterocycles. The first-order chi connectivity index (χ1) is 11.4. The number of methoxy groups -OCH3 is 1. The second-order valence-electron chi connectivity index (χ2n) is 5.89. The number of benzene rings is 2. The summed E-state index contributed by atoms with van der Waals surface area (Å²) in [6.07, 6.45) is 2.55. The summed E-state index contributed by atoms with van der Waals surface area (Å²) in [5.74, 6) is -0.0289. The van der Waals surface area contributed by atoms with Gasteiger partial charge in [-0.15, -0.1) is 0 Å². The van der Waals surface area contributed by atoms with Gasteiger partial charge in [0, 0.05) is 5.56 Å². The van der Waals surface area contributed by atoms with E-state index >= 15 is 0 Å². The third-order valence-electron chi connectivity index (χ3n) is 3.88. The molecule has 3 aromatic rings. The zero-order chi connectivity index (χ0) is 17.4. The summed E-state index contributed by atoms with van der Waals surface area (Å²) in [7, 11) is 1.45. The summed E-state index contributed by atoms with van der Waals surface area (Å²) in [6.45, 7) is 3.96. The minimum Gasteiger partial charge on any atom is -0.508 e. The van der Waals surface area contributed by atoms with Crippen molar-refractivity contribution in [1.82, 2.24) is 0 Å². The molecule has 2 N–H and O–H groups in total. The molecule has 2 aromatic carbocycles. The first kappa shape index (κ1) is 15.9. The van der Waals surface area contributed by atoms with E-state index in [0.29, 0.717) is 12.0 Å². The summed E-state index contributed by atoms with van der Waals surface area (Å²) < 4.78 is 11.1. The Balaban J connectivity index is 2.39. The molecule has 5 nitrogen and oxygen atoms in total. The third-order valence-corrected chi connectivity index (χ3v) is 3.88. The fourth-order valence-electron chi connectivity index (χ4n) is 2.71. The highest BCUT2D eigenvalue weighted by atomic mass is 16.5. The molecule has 0 saturated carbocycles. The largest absolute Gasteiger partial charge is 0.508 e. The molecule has 0 aliphatic heterocycles. The summed E-state index contributed by atoms with van der Waals surface area (Å²) >= 11 is 0. The van der Waals surface area contributed by atoms with Crippen LogP contribution in [0.4, 0.5) is 0 Å². The van der Waals surface area contributed by atoms with Crippen LogP contribution in [0.25, 0.3) is 21.9 Å². The number of ether oxygens (including phenoxy) is 1. The Hall–Kier alpha value is -2.95. The van der Waals surface area contributed by atoms with Crippen molar-refractivity contribution < 1.29 is 19.4 Å². The molecule has 0 aliphatic rings. The molecule has 0 radical (unpaired) electrons. The molecule has 0 aliphatic carbocycles. The highest BCUT2D eigenvalue weighted by Crippen LogP contribution is 2.38. The minimum absolute atomic E-state index is 0.0409. The summed E-state index contributed by atoms with van der Waals surface area (Å²) in [4.78, 5) is 12.7. The number of aromatic hydroxyl groups is 2. The van der Waals surface area contributed by atoms with Crippen molar-refractivity contribution in [2.75, 3.05) is 7.11 Å². The Kier molecular flexibility index (Phi) is 3.93. The van der Waals surface area contributed by atoms with E-state index in [1.54, 1.807) is 6.07 Å². The van der Waals surface area contributed by atoms with E-state index in [9.17, 15) is 15.0 Å². The molecule has 0 atom stereocenters. The van der Waals surface area contributed by atoms with Gasteiger partial charge in [0.1, 0.15) is 22.3 Å². The average molecular weight is 326 g/mol. The van der Waals surface area contributed by atoms with Crippen LogP contribution in [0.1, 0.15) is 19.4 Å². The van der Waals surface area contributed by atoms with E-state index in [0.717, 1.165) is 11.1 Å². The second-order valence-corrected chi connectivity index (χ2v) is 5.89. The topological polar surface area (TPSA) is 79.9 Å². The lowest BCUT2D eigenvalue weighted by atomic mass is 10.0. The first-order valence-corrected chi connectivity index (χ1v) is 7.54. The molecule has 0 bridgehead atoms. The van der Waals surface area contributed by atoms with Gasteiger partial charge in [-0.2, -0.15) is 0 Å². The maximum atomic E-state index is 12.7. The lowest BCUT2D eigenvalue weighted by Gasteiger charge is -2.12. The molecule has 0 unspecified atom stereocenters. The van der Waals surface area contributed by atoms with Crippen LogP contribution < -0.4 is 10.2 Å². The SMILES string of the molecule is COc1c(CC=C(C)C)cc2oc3ccc(O)cc3c(=O)c2c1O. The van der Waals surface area contributed by atoms with Crippen molar-refractivity contribution >= 4 is 21.9 Å². The Morgan fingerprint density at radius 2 is 1.96 bits per heavy atom. The van der Waals surface area contributed by atoms with E-state index in [4.69, 9.17) is 9.15 Å². The molecule has 0 spiro atoms. The Morgan fingerprint density at radius 3 is 2.62 bits per heavy atom. The Bertz CT molecular complexity index is 1020. The highest BCUT2D eigenvalue weighted by Gasteiger charge is 2.19. The van der Waals surface area contributed by atoms with Crippen LogP contribution in [0.15, 0.2) is 45.1 Å². The molecular weight excluding hydrogens is 308 g/mol. The fourth-order valence-corrected chi connectivity index (χ4v) is 2.71. The van der Waals surface area contributed by atoms with Crippen LogP contribution in [0, 0.1) is 0 Å². The minimum atomic E-state index is -0.410. The molecule has 0 amide bonds. The summed E-state index contributed by atoms with van der Waals surface area (Å²) in [5, 5.41) is 20.4. The van der Waals surface area contributed by atoms with Crippen LogP contribution in [0.5, 0.6) is 17.2 Å². The molecule has 5 heteroatoms. The van der Waals surface area contributed by atoms with Crippen molar-refractivity contribution in [3.63, 3.8) is 0 Å². The van der Waals surface area contributed by atoms with Crippen molar-refractivity contribution in [1.29, 1.82) is 0 Å². The number of phenolic OH excluding ortho intramolecular Hbond substituents is 2. The molecule has 24 heavy (non-hydrogen) atoms. The number of fused-ring (bicyclic) bond motifs is 2. The predicted octanol–water partition coefficient (Wildman–Crippen LogP) is 3.87. The summed E-state index contributed by atoms with van der Waals surface area (Å²) in [6, 6.07) is 6.01. The van der Waals surface area contributed by atoms with Crippen molar-refractivity contribution in [3.8, 4) is 17.2 Å². The van der Waals surface area contributed by atoms with Crippen LogP contribution in [0.2, 0.25) is 0 Å². The zero-order valence-electron chi connectivity index (χ0n) is 13.7. The van der Waals surface area contributed by atoms with Crippen LogP contribution in [0.3, 0.4) is 0 Å². The number of allylic oxidation sites excluding steroid dienone is 2. The van der Waals surface area contributed by atoms with Crippen molar-refractivity contribution in [2.45, 2.75) is 20.3 Å². The first-order valence-electron chi connectivity index (χ1n) is 7.54. The van der Waals surface area contributed by atoms with Gasteiger partial charge in [-0.3, -0.25) is 4.79 Å². The highest BCUT2D eigenvalue weighted by molar-refractivity contribution is 5.95. The van der Waals surface area contributed by atoms with Gasteiger partial charge in [-0.25, -0.2) is 0 Å². The smallest absolute Gasteiger partial charge is 0.204 e. The van der Waals surface area contributed by atoms with Gasteiger partial charge in [0.2, 0.25) is 5.43 Å². The Labute approximate surface area is 138 Å². The lowest BCUT2D eigenvalue weighted by molar-refractivity contribution is 0.372. The van der Waals surface area contributed by atoms with Crippen molar-refractivity contribution in [2.24, 2.45) is 0 Å². The van der Waals surface area contributed by atoms with Gasteiger partial charge in [0.05, 0.1) is 12.5 Å². The fraction of sp³-hybridized carbons (Fsp3) is 0.211. The van der Waals surface area contributed by atoms with Gasteiger partial charge >= 0.3 is 0 Å². The predicted molar refractivity (Wildman–Crippen MR) is 93.0 cm³/mol. The van der Waals surface area contributed by atoms with Crippen LogP contribution in [-0.4, -0.2) is 17.3 Å². The van der Waals surface area contributed by atoms with Gasteiger partial charge < -0.3 is 19.4 Å². The Morgan fingerprint density at radius 1 is 1.21 bits per heavy atom. The van der Waals surface area contributed by atoms with E-state index < -0.39 is 5.43 Å². The molecule has 3 rings (SSSR count). The molecule has 0 saturated heterocycles. The number of rotatable bonds is 3. The maximum Gasteiger partial charge on any atom is 0.204 e. The maximum absolute atomic E-state index is 12.7. The number of phenols is 2. The van der Waals surface area contributed by atoms with Crippen molar-refractivity contribution in [3.05, 3.63) is 51.7 Å². The van der Waals surface area contributed by atoms with Crippen LogP contribution >= 0.6 is 0 Å². The normalized spacial score (nSPS) is 11.0. The number of hydrogen-bond acceptors (Lipinski definition) is 5. The monoisotopic (exact) mass is 326 g/mol. The van der Waals surface area contributed by atoms with Gasteiger partial charge in [-0.05, 0) is 44.5 Å². The second kappa shape index (κ2) is 5.92. The van der Waals surface area contributed by atoms with Gasteiger partial charge in [-0.1, -0.05) is 11.6 Å². The molecule has 124 valence electrons. The van der Waals surface area contributed by atoms with Gasteiger partial charge in [0.25, 0.3) is 0 Å². The summed E-state index contributed by atoms with van der Waals surface area (Å²) in [5.41, 5.74) is 2.08. The molecular formula is C19H18O5. The third kappa shape index (κ3) is 2.58. The molecule has 1 aromatic heterocycles. The van der Waals surface area contributed by atoms with E-state index in [2.05, 4.69) is 0 Å². The molecule has 0 fully saturated rings. The quantitative estimate of drug-likeness (QED) is 0.564. The average Bonchev–Trinajstić information content (AvgIpc) is 2.53. The number of hydrogen-bond donors (Lipinski definition) is 2. The lowest BCUT2D eigenvalue weighted by Crippen LogP contribution is -2.04. The van der Waals surface area contributed by atoms with E-state index in [1.807, 2.05) is 19.9 Å². The van der Waals surface area contributed by atoms with Crippen LogP contribution in [-0.2, 0) is 6.42 Å². The van der Waals surface area contributed by atoms with E-state index in [-0.39, 0.29) is 33.6 Å².